The molecule has 0 aliphatic heterocycles. The predicted octanol–water partition coefficient (Wildman–Crippen LogP) is 2.59. The highest BCUT2D eigenvalue weighted by molar-refractivity contribution is 7.83. The lowest BCUT2D eigenvalue weighted by Gasteiger charge is -1.99. The largest absolute Gasteiger partial charge is 0.507 e. The third kappa shape index (κ3) is 1.34. The monoisotopic (exact) mass is 226 g/mol. The Morgan fingerprint density at radius 3 is 2.79 bits per heavy atom. The summed E-state index contributed by atoms with van der Waals surface area (Å²) in [5, 5.41) is 19.1. The molecule has 0 spiro atoms. The minimum Gasteiger partial charge on any atom is -0.507 e. The standard InChI is InChI=1S/C9H6O3S2/c10-5-2-1-4-3-6(13)14-8(4)7(5)9(11)12/h1-3,10,13H,(H,11,12). The maximum Gasteiger partial charge on any atom is 0.340 e. The molecule has 0 aliphatic rings. The molecule has 0 fully saturated rings. The van der Waals surface area contributed by atoms with Crippen LogP contribution in [-0.4, -0.2) is 16.2 Å². The van der Waals surface area contributed by atoms with Gasteiger partial charge in [-0.3, -0.25) is 0 Å². The summed E-state index contributed by atoms with van der Waals surface area (Å²) in [4.78, 5) is 10.9. The first-order chi connectivity index (χ1) is 6.59. The Morgan fingerprint density at radius 2 is 2.14 bits per heavy atom. The van der Waals surface area contributed by atoms with Gasteiger partial charge in [-0.15, -0.1) is 24.0 Å². The van der Waals surface area contributed by atoms with E-state index in [1.165, 1.54) is 17.4 Å². The zero-order valence-corrected chi connectivity index (χ0v) is 8.60. The van der Waals surface area contributed by atoms with E-state index in [0.717, 1.165) is 9.60 Å². The highest BCUT2D eigenvalue weighted by Gasteiger charge is 2.15. The van der Waals surface area contributed by atoms with Crippen molar-refractivity contribution in [1.82, 2.24) is 0 Å². The second-order valence-electron chi connectivity index (χ2n) is 2.77. The van der Waals surface area contributed by atoms with Crippen molar-refractivity contribution in [3.8, 4) is 5.75 Å². The zero-order chi connectivity index (χ0) is 10.3. The second kappa shape index (κ2) is 3.18. The molecule has 0 aliphatic carbocycles. The minimum absolute atomic E-state index is 0.0483. The van der Waals surface area contributed by atoms with Crippen LogP contribution in [0.2, 0.25) is 0 Å². The lowest BCUT2D eigenvalue weighted by atomic mass is 10.1. The molecule has 0 saturated carbocycles. The predicted molar refractivity (Wildman–Crippen MR) is 57.7 cm³/mol. The van der Waals surface area contributed by atoms with Crippen LogP contribution in [0.25, 0.3) is 10.1 Å². The molecule has 0 unspecified atom stereocenters. The van der Waals surface area contributed by atoms with Crippen LogP contribution in [0, 0.1) is 0 Å². The van der Waals surface area contributed by atoms with Gasteiger partial charge in [0.25, 0.3) is 0 Å². The van der Waals surface area contributed by atoms with Gasteiger partial charge in [-0.1, -0.05) is 0 Å². The number of rotatable bonds is 1. The van der Waals surface area contributed by atoms with E-state index in [0.29, 0.717) is 4.70 Å². The Bertz CT molecular complexity index is 516. The molecule has 72 valence electrons. The van der Waals surface area contributed by atoms with Gasteiger partial charge in [-0.05, 0) is 23.6 Å². The van der Waals surface area contributed by atoms with Gasteiger partial charge in [-0.25, -0.2) is 4.79 Å². The maximum absolute atomic E-state index is 10.9. The summed E-state index contributed by atoms with van der Waals surface area (Å²) in [5.41, 5.74) is -0.0483. The van der Waals surface area contributed by atoms with Crippen molar-refractivity contribution >= 4 is 40.0 Å². The Hall–Kier alpha value is -1.20. The number of aromatic hydroxyl groups is 1. The van der Waals surface area contributed by atoms with E-state index in [1.54, 1.807) is 12.1 Å². The number of phenols is 1. The first-order valence-corrected chi connectivity index (χ1v) is 5.03. The van der Waals surface area contributed by atoms with Gasteiger partial charge in [0.15, 0.2) is 0 Å². The molecular weight excluding hydrogens is 220 g/mol. The van der Waals surface area contributed by atoms with Gasteiger partial charge in [0.2, 0.25) is 0 Å². The summed E-state index contributed by atoms with van der Waals surface area (Å²) in [7, 11) is 0. The van der Waals surface area contributed by atoms with Crippen molar-refractivity contribution < 1.29 is 15.0 Å². The van der Waals surface area contributed by atoms with Crippen molar-refractivity contribution in [3.05, 3.63) is 23.8 Å². The molecule has 2 N–H and O–H groups in total. The number of thiophene rings is 1. The third-order valence-electron chi connectivity index (χ3n) is 1.87. The molecule has 2 aromatic rings. The van der Waals surface area contributed by atoms with E-state index < -0.39 is 5.97 Å². The fourth-order valence-corrected chi connectivity index (χ4v) is 2.63. The highest BCUT2D eigenvalue weighted by atomic mass is 32.2. The van der Waals surface area contributed by atoms with Crippen molar-refractivity contribution in [3.63, 3.8) is 0 Å². The number of benzene rings is 1. The number of carboxylic acids is 1. The molecule has 0 saturated heterocycles. The fourth-order valence-electron chi connectivity index (χ4n) is 1.29. The summed E-state index contributed by atoms with van der Waals surface area (Å²) < 4.78 is 1.29. The number of carboxylic acid groups (broad SMARTS) is 1. The molecule has 0 amide bonds. The molecule has 1 heterocycles. The van der Waals surface area contributed by atoms with Crippen LogP contribution < -0.4 is 0 Å². The van der Waals surface area contributed by atoms with Crippen LogP contribution in [0.3, 0.4) is 0 Å². The smallest absolute Gasteiger partial charge is 0.340 e. The number of fused-ring (bicyclic) bond motifs is 1. The van der Waals surface area contributed by atoms with Crippen LogP contribution in [-0.2, 0) is 0 Å². The third-order valence-corrected chi connectivity index (χ3v) is 3.24. The molecule has 0 bridgehead atoms. The number of hydrogen-bond donors (Lipinski definition) is 3. The van der Waals surface area contributed by atoms with Crippen LogP contribution in [0.5, 0.6) is 5.75 Å². The van der Waals surface area contributed by atoms with E-state index in [4.69, 9.17) is 5.11 Å². The lowest BCUT2D eigenvalue weighted by molar-refractivity contribution is 0.0696. The van der Waals surface area contributed by atoms with Gasteiger partial charge in [-0.2, -0.15) is 0 Å². The molecule has 1 aromatic heterocycles. The number of aromatic carboxylic acids is 1. The van der Waals surface area contributed by atoms with Crippen molar-refractivity contribution in [2.75, 3.05) is 0 Å². The van der Waals surface area contributed by atoms with E-state index in [-0.39, 0.29) is 11.3 Å². The highest BCUT2D eigenvalue weighted by Crippen LogP contribution is 2.35. The number of hydrogen-bond acceptors (Lipinski definition) is 4. The first-order valence-electron chi connectivity index (χ1n) is 3.77. The van der Waals surface area contributed by atoms with Gasteiger partial charge < -0.3 is 10.2 Å². The Balaban J connectivity index is 2.88. The Labute approximate surface area is 89.0 Å². The fraction of sp³-hybridized carbons (Fsp3) is 0. The van der Waals surface area contributed by atoms with Crippen molar-refractivity contribution in [1.29, 1.82) is 0 Å². The average Bonchev–Trinajstić information content (AvgIpc) is 2.43. The Morgan fingerprint density at radius 1 is 1.43 bits per heavy atom. The lowest BCUT2D eigenvalue weighted by Crippen LogP contribution is -1.96. The van der Waals surface area contributed by atoms with Gasteiger partial charge in [0.05, 0.1) is 8.91 Å². The van der Waals surface area contributed by atoms with Crippen molar-refractivity contribution in [2.24, 2.45) is 0 Å². The van der Waals surface area contributed by atoms with E-state index >= 15 is 0 Å². The number of thiol groups is 1. The number of carbonyl (C=O) groups is 1. The normalized spacial score (nSPS) is 10.6. The van der Waals surface area contributed by atoms with E-state index in [9.17, 15) is 9.90 Å². The van der Waals surface area contributed by atoms with Crippen LogP contribution in [0.1, 0.15) is 10.4 Å². The second-order valence-corrected chi connectivity index (χ2v) is 4.60. The summed E-state index contributed by atoms with van der Waals surface area (Å²) in [6, 6.07) is 4.83. The van der Waals surface area contributed by atoms with Crippen LogP contribution in [0.15, 0.2) is 22.4 Å². The van der Waals surface area contributed by atoms with Crippen LogP contribution >= 0.6 is 24.0 Å². The molecular formula is C9H6O3S2. The summed E-state index contributed by atoms with van der Waals surface area (Å²) in [5.74, 6) is -1.33. The topological polar surface area (TPSA) is 57.5 Å². The minimum atomic E-state index is -1.12. The quantitative estimate of drug-likeness (QED) is 0.655. The molecule has 0 radical (unpaired) electrons. The maximum atomic E-state index is 10.9. The summed E-state index contributed by atoms with van der Waals surface area (Å²) in [6.45, 7) is 0. The summed E-state index contributed by atoms with van der Waals surface area (Å²) in [6.07, 6.45) is 0. The molecule has 5 heteroatoms. The molecule has 0 atom stereocenters. The van der Waals surface area contributed by atoms with E-state index in [1.807, 2.05) is 0 Å². The first kappa shape index (κ1) is 9.36. The Kier molecular flexibility index (Phi) is 2.13. The van der Waals surface area contributed by atoms with Crippen LogP contribution in [0.4, 0.5) is 0 Å². The zero-order valence-electron chi connectivity index (χ0n) is 6.89. The molecule has 1 aromatic carbocycles. The molecule has 2 rings (SSSR count). The summed E-state index contributed by atoms with van der Waals surface area (Å²) >= 11 is 5.38. The molecule has 14 heavy (non-hydrogen) atoms. The van der Waals surface area contributed by atoms with Gasteiger partial charge in [0, 0.05) is 0 Å². The average molecular weight is 226 g/mol. The SMILES string of the molecule is O=C(O)c1c(O)ccc2cc(S)sc12. The van der Waals surface area contributed by atoms with Gasteiger partial charge >= 0.3 is 5.97 Å². The van der Waals surface area contributed by atoms with E-state index in [2.05, 4.69) is 12.6 Å². The molecule has 3 nitrogen and oxygen atoms in total. The van der Waals surface area contributed by atoms with Gasteiger partial charge in [0.1, 0.15) is 11.3 Å². The van der Waals surface area contributed by atoms with Crippen molar-refractivity contribution in [2.45, 2.75) is 4.21 Å².